The summed E-state index contributed by atoms with van der Waals surface area (Å²) in [5, 5.41) is 3.26. The molecule has 0 aliphatic carbocycles. The molecule has 2 aromatic rings. The van der Waals surface area contributed by atoms with Crippen LogP contribution in [0.3, 0.4) is 0 Å². The van der Waals surface area contributed by atoms with E-state index in [1.54, 1.807) is 18.2 Å². The summed E-state index contributed by atoms with van der Waals surface area (Å²) in [6.45, 7) is 4.22. The van der Waals surface area contributed by atoms with E-state index in [9.17, 15) is 18.0 Å². The highest BCUT2D eigenvalue weighted by atomic mass is 35.5. The van der Waals surface area contributed by atoms with Crippen molar-refractivity contribution in [3.8, 4) is 0 Å². The number of fused-ring (bicyclic) bond motifs is 2. The SMILES string of the molecule is CCCN(C(=O)c1ccc2c(c1)S(=O)(=O)c1ccccc1C2=O)C1CCNC1.Cl. The third kappa shape index (κ3) is 3.58. The van der Waals surface area contributed by atoms with Gasteiger partial charge >= 0.3 is 0 Å². The summed E-state index contributed by atoms with van der Waals surface area (Å²) >= 11 is 0. The first-order chi connectivity index (χ1) is 13.4. The molecule has 2 aromatic carbocycles. The summed E-state index contributed by atoms with van der Waals surface area (Å²) in [6.07, 6.45) is 1.69. The topological polar surface area (TPSA) is 83.6 Å². The first kappa shape index (κ1) is 21.5. The van der Waals surface area contributed by atoms with Crippen LogP contribution in [0, 0.1) is 0 Å². The van der Waals surface area contributed by atoms with Crippen molar-refractivity contribution in [1.29, 1.82) is 0 Å². The largest absolute Gasteiger partial charge is 0.334 e. The maximum Gasteiger partial charge on any atom is 0.254 e. The Bertz CT molecular complexity index is 1060. The Labute approximate surface area is 176 Å². The molecule has 8 heteroatoms. The second kappa shape index (κ2) is 8.26. The Morgan fingerprint density at radius 2 is 1.86 bits per heavy atom. The molecule has 1 N–H and O–H groups in total. The van der Waals surface area contributed by atoms with Crippen molar-refractivity contribution in [3.63, 3.8) is 0 Å². The van der Waals surface area contributed by atoms with E-state index in [4.69, 9.17) is 0 Å². The molecular weight excluding hydrogens is 412 g/mol. The highest BCUT2D eigenvalue weighted by Crippen LogP contribution is 2.35. The molecule has 0 aromatic heterocycles. The average Bonchev–Trinajstić information content (AvgIpc) is 3.24. The van der Waals surface area contributed by atoms with Gasteiger partial charge in [-0.25, -0.2) is 8.42 Å². The number of ketones is 1. The van der Waals surface area contributed by atoms with E-state index in [2.05, 4.69) is 5.32 Å². The summed E-state index contributed by atoms with van der Waals surface area (Å²) in [7, 11) is -3.85. The van der Waals surface area contributed by atoms with Gasteiger partial charge in [-0.15, -0.1) is 12.4 Å². The lowest BCUT2D eigenvalue weighted by molar-refractivity contribution is 0.0691. The summed E-state index contributed by atoms with van der Waals surface area (Å²) in [6, 6.07) is 10.7. The maximum atomic E-state index is 13.2. The molecule has 1 unspecified atom stereocenters. The van der Waals surface area contributed by atoms with Crippen LogP contribution in [0.1, 0.15) is 46.0 Å². The van der Waals surface area contributed by atoms with Crippen molar-refractivity contribution < 1.29 is 18.0 Å². The van der Waals surface area contributed by atoms with Gasteiger partial charge in [0.1, 0.15) is 0 Å². The minimum atomic E-state index is -3.85. The number of hydrogen-bond acceptors (Lipinski definition) is 5. The molecule has 0 spiro atoms. The molecule has 29 heavy (non-hydrogen) atoms. The van der Waals surface area contributed by atoms with Crippen LogP contribution in [0.2, 0.25) is 0 Å². The number of nitrogens with zero attached hydrogens (tertiary/aromatic N) is 1. The second-order valence-electron chi connectivity index (χ2n) is 7.18. The molecule has 1 atom stereocenters. The van der Waals surface area contributed by atoms with E-state index < -0.39 is 9.84 Å². The number of sulfone groups is 1. The molecule has 1 fully saturated rings. The monoisotopic (exact) mass is 434 g/mol. The molecule has 4 rings (SSSR count). The fourth-order valence-electron chi connectivity index (χ4n) is 3.98. The number of carbonyl (C=O) groups excluding carboxylic acids is 2. The van der Waals surface area contributed by atoms with Gasteiger partial charge in [-0.05, 0) is 49.7 Å². The predicted molar refractivity (Wildman–Crippen MR) is 112 cm³/mol. The van der Waals surface area contributed by atoms with Crippen molar-refractivity contribution in [2.75, 3.05) is 19.6 Å². The van der Waals surface area contributed by atoms with E-state index >= 15 is 0 Å². The Morgan fingerprint density at radius 3 is 2.55 bits per heavy atom. The summed E-state index contributed by atoms with van der Waals surface area (Å²) in [4.78, 5) is 27.7. The molecule has 1 saturated heterocycles. The minimum Gasteiger partial charge on any atom is -0.334 e. The smallest absolute Gasteiger partial charge is 0.254 e. The Kier molecular flexibility index (Phi) is 6.12. The zero-order chi connectivity index (χ0) is 19.9. The van der Waals surface area contributed by atoms with Gasteiger partial charge in [0.25, 0.3) is 5.91 Å². The lowest BCUT2D eigenvalue weighted by Gasteiger charge is -2.29. The lowest BCUT2D eigenvalue weighted by Crippen LogP contribution is -2.42. The zero-order valence-electron chi connectivity index (χ0n) is 16.1. The van der Waals surface area contributed by atoms with Gasteiger partial charge in [0.05, 0.1) is 9.79 Å². The lowest BCUT2D eigenvalue weighted by atomic mass is 10.0. The zero-order valence-corrected chi connectivity index (χ0v) is 17.7. The van der Waals surface area contributed by atoms with Gasteiger partial charge in [-0.1, -0.05) is 19.1 Å². The molecule has 2 aliphatic heterocycles. The molecule has 1 amide bonds. The third-order valence-corrected chi connectivity index (χ3v) is 7.24. The van der Waals surface area contributed by atoms with Crippen LogP contribution in [-0.4, -0.2) is 50.7 Å². The summed E-state index contributed by atoms with van der Waals surface area (Å²) in [5.41, 5.74) is 0.605. The van der Waals surface area contributed by atoms with Crippen LogP contribution in [0.15, 0.2) is 52.3 Å². The highest BCUT2D eigenvalue weighted by Gasteiger charge is 2.36. The molecule has 154 valence electrons. The predicted octanol–water partition coefficient (Wildman–Crippen LogP) is 2.70. The third-order valence-electron chi connectivity index (χ3n) is 5.38. The average molecular weight is 435 g/mol. The number of nitrogens with one attached hydrogen (secondary N) is 1. The standard InChI is InChI=1S/C21H22N2O4S.ClH/c1-2-11-23(15-9-10-22-13-15)21(25)14-7-8-17-19(12-14)28(26,27)18-6-4-3-5-16(18)20(17)24;/h3-8,12,15,22H,2,9-11,13H2,1H3;1H. The normalized spacial score (nSPS) is 19.1. The van der Waals surface area contributed by atoms with Crippen molar-refractivity contribution in [2.45, 2.75) is 35.6 Å². The van der Waals surface area contributed by atoms with Crippen molar-refractivity contribution >= 4 is 33.9 Å². The molecule has 2 heterocycles. The van der Waals surface area contributed by atoms with Crippen molar-refractivity contribution in [1.82, 2.24) is 10.2 Å². The fraction of sp³-hybridized carbons (Fsp3) is 0.333. The van der Waals surface area contributed by atoms with Crippen molar-refractivity contribution in [3.05, 3.63) is 59.2 Å². The molecule has 0 radical (unpaired) electrons. The first-order valence-corrected chi connectivity index (χ1v) is 11.0. The number of carbonyl (C=O) groups is 2. The Hall–Kier alpha value is -2.22. The highest BCUT2D eigenvalue weighted by molar-refractivity contribution is 7.91. The quantitative estimate of drug-likeness (QED) is 0.682. The van der Waals surface area contributed by atoms with Crippen LogP contribution >= 0.6 is 12.4 Å². The molecular formula is C21H23ClN2O4S. The Balaban J connectivity index is 0.00000240. The van der Waals surface area contributed by atoms with Crippen LogP contribution in [0.25, 0.3) is 0 Å². The number of benzene rings is 2. The van der Waals surface area contributed by atoms with E-state index in [0.29, 0.717) is 12.1 Å². The second-order valence-corrected chi connectivity index (χ2v) is 9.07. The van der Waals surface area contributed by atoms with Crippen LogP contribution in [-0.2, 0) is 9.84 Å². The van der Waals surface area contributed by atoms with Gasteiger partial charge in [0.15, 0.2) is 5.78 Å². The van der Waals surface area contributed by atoms with E-state index in [1.165, 1.54) is 24.3 Å². The van der Waals surface area contributed by atoms with Crippen molar-refractivity contribution in [2.24, 2.45) is 0 Å². The molecule has 6 nitrogen and oxygen atoms in total. The number of hydrogen-bond donors (Lipinski definition) is 1. The first-order valence-electron chi connectivity index (χ1n) is 9.49. The van der Waals surface area contributed by atoms with Gasteiger partial charge in [-0.3, -0.25) is 9.59 Å². The van der Waals surface area contributed by atoms with E-state index in [-0.39, 0.29) is 51.1 Å². The number of halogens is 1. The number of amides is 1. The van der Waals surface area contributed by atoms with E-state index in [1.807, 2.05) is 11.8 Å². The van der Waals surface area contributed by atoms with Gasteiger partial charge in [-0.2, -0.15) is 0 Å². The van der Waals surface area contributed by atoms with Crippen LogP contribution < -0.4 is 5.32 Å². The van der Waals surface area contributed by atoms with E-state index in [0.717, 1.165) is 25.9 Å². The summed E-state index contributed by atoms with van der Waals surface area (Å²) in [5.74, 6) is -0.523. The van der Waals surface area contributed by atoms with Gasteiger partial charge < -0.3 is 10.2 Å². The summed E-state index contributed by atoms with van der Waals surface area (Å²) < 4.78 is 26.2. The van der Waals surface area contributed by atoms with Gasteiger partial charge in [0.2, 0.25) is 9.84 Å². The van der Waals surface area contributed by atoms with Crippen LogP contribution in [0.5, 0.6) is 0 Å². The molecule has 0 bridgehead atoms. The maximum absolute atomic E-state index is 13.2. The van der Waals surface area contributed by atoms with Gasteiger partial charge in [0, 0.05) is 35.8 Å². The Morgan fingerprint density at radius 1 is 1.14 bits per heavy atom. The number of rotatable bonds is 4. The van der Waals surface area contributed by atoms with Crippen LogP contribution in [0.4, 0.5) is 0 Å². The minimum absolute atomic E-state index is 0. The molecule has 2 aliphatic rings. The fourth-order valence-corrected chi connectivity index (χ4v) is 5.66. The molecule has 0 saturated carbocycles.